The maximum Gasteiger partial charge on any atom is 0.252 e. The number of rotatable bonds is 4. The normalized spacial score (nSPS) is 19.9. The quantitative estimate of drug-likeness (QED) is 0.873. The molecule has 2 atom stereocenters. The van der Waals surface area contributed by atoms with Gasteiger partial charge in [0.05, 0.1) is 0 Å². The number of nitrogens with two attached hydrogens (primary N) is 1. The van der Waals surface area contributed by atoms with Gasteiger partial charge in [0.1, 0.15) is 17.6 Å². The third-order valence-corrected chi connectivity index (χ3v) is 3.67. The number of benzene rings is 1. The first-order chi connectivity index (χ1) is 9.97. The van der Waals surface area contributed by atoms with Crippen molar-refractivity contribution < 1.29 is 18.8 Å². The first-order valence-electron chi connectivity index (χ1n) is 6.85. The Morgan fingerprint density at radius 1 is 1.38 bits per heavy atom. The van der Waals surface area contributed by atoms with Crippen molar-refractivity contribution in [2.24, 2.45) is 11.7 Å². The van der Waals surface area contributed by atoms with Crippen LogP contribution >= 0.6 is 0 Å². The number of carbonyl (C=O) groups excluding carboxylic acids is 3. The standard InChI is InChI=1S/C15H17FN2O3/c16-11-5-1-4-10(7-11)15(21)18-13(14(17)20)9-3-2-6-12(19)8-9/h1,4-5,7,9,13H,2-3,6,8H2,(H2,17,20)(H,18,21)/t9-,13+/m0/s1. The first-order valence-corrected chi connectivity index (χ1v) is 6.85. The molecule has 0 bridgehead atoms. The average molecular weight is 292 g/mol. The van der Waals surface area contributed by atoms with E-state index in [-0.39, 0.29) is 23.7 Å². The lowest BCUT2D eigenvalue weighted by Crippen LogP contribution is -2.50. The van der Waals surface area contributed by atoms with Crippen LogP contribution < -0.4 is 11.1 Å². The van der Waals surface area contributed by atoms with Crippen molar-refractivity contribution in [3.05, 3.63) is 35.6 Å². The molecule has 0 saturated heterocycles. The summed E-state index contributed by atoms with van der Waals surface area (Å²) >= 11 is 0. The van der Waals surface area contributed by atoms with E-state index in [1.807, 2.05) is 0 Å². The van der Waals surface area contributed by atoms with Crippen molar-refractivity contribution in [2.45, 2.75) is 31.7 Å². The summed E-state index contributed by atoms with van der Waals surface area (Å²) < 4.78 is 13.1. The van der Waals surface area contributed by atoms with E-state index in [4.69, 9.17) is 5.73 Å². The van der Waals surface area contributed by atoms with Gasteiger partial charge in [-0.1, -0.05) is 6.07 Å². The van der Waals surface area contributed by atoms with Crippen LogP contribution in [0.3, 0.4) is 0 Å². The van der Waals surface area contributed by atoms with E-state index in [2.05, 4.69) is 5.32 Å². The van der Waals surface area contributed by atoms with Crippen LogP contribution in [0.25, 0.3) is 0 Å². The van der Waals surface area contributed by atoms with Gasteiger partial charge in [0.25, 0.3) is 5.91 Å². The Morgan fingerprint density at radius 2 is 2.14 bits per heavy atom. The molecule has 0 aromatic heterocycles. The molecule has 112 valence electrons. The Morgan fingerprint density at radius 3 is 2.76 bits per heavy atom. The molecule has 0 aliphatic heterocycles. The van der Waals surface area contributed by atoms with Gasteiger partial charge in [-0.15, -0.1) is 0 Å². The number of nitrogens with one attached hydrogen (secondary N) is 1. The van der Waals surface area contributed by atoms with Gasteiger partial charge in [-0.3, -0.25) is 14.4 Å². The van der Waals surface area contributed by atoms with Crippen LogP contribution in [0.2, 0.25) is 0 Å². The van der Waals surface area contributed by atoms with Crippen molar-refractivity contribution in [3.63, 3.8) is 0 Å². The molecule has 1 aromatic rings. The number of ketones is 1. The number of hydrogen-bond acceptors (Lipinski definition) is 3. The van der Waals surface area contributed by atoms with Crippen LogP contribution in [-0.4, -0.2) is 23.6 Å². The van der Waals surface area contributed by atoms with E-state index in [1.165, 1.54) is 18.2 Å². The summed E-state index contributed by atoms with van der Waals surface area (Å²) in [6, 6.07) is 4.25. The fraction of sp³-hybridized carbons (Fsp3) is 0.400. The maximum absolute atomic E-state index is 13.1. The summed E-state index contributed by atoms with van der Waals surface area (Å²) in [6.07, 6.45) is 2.07. The van der Waals surface area contributed by atoms with E-state index < -0.39 is 23.7 Å². The average Bonchev–Trinajstić information content (AvgIpc) is 2.44. The number of hydrogen-bond donors (Lipinski definition) is 2. The Balaban J connectivity index is 2.11. The molecule has 1 aliphatic rings. The van der Waals surface area contributed by atoms with Crippen LogP contribution in [-0.2, 0) is 9.59 Å². The predicted octanol–water partition coefficient (Wildman–Crippen LogP) is 1.17. The zero-order valence-corrected chi connectivity index (χ0v) is 11.5. The number of halogens is 1. The zero-order valence-electron chi connectivity index (χ0n) is 11.5. The molecule has 21 heavy (non-hydrogen) atoms. The lowest BCUT2D eigenvalue weighted by molar-refractivity contribution is -0.124. The van der Waals surface area contributed by atoms with Gasteiger partial charge in [-0.25, -0.2) is 4.39 Å². The predicted molar refractivity (Wildman–Crippen MR) is 73.8 cm³/mol. The summed E-state index contributed by atoms with van der Waals surface area (Å²) in [7, 11) is 0. The smallest absolute Gasteiger partial charge is 0.252 e. The molecule has 3 N–H and O–H groups in total. The molecule has 1 fully saturated rings. The first kappa shape index (κ1) is 15.2. The third-order valence-electron chi connectivity index (χ3n) is 3.67. The highest BCUT2D eigenvalue weighted by Gasteiger charge is 2.32. The van der Waals surface area contributed by atoms with E-state index in [9.17, 15) is 18.8 Å². The van der Waals surface area contributed by atoms with Crippen LogP contribution in [0.15, 0.2) is 24.3 Å². The highest BCUT2D eigenvalue weighted by Crippen LogP contribution is 2.24. The molecular formula is C15H17FN2O3. The molecule has 5 nitrogen and oxygen atoms in total. The second-order valence-corrected chi connectivity index (χ2v) is 5.26. The molecule has 0 unspecified atom stereocenters. The minimum absolute atomic E-state index is 0.0671. The monoisotopic (exact) mass is 292 g/mol. The number of carbonyl (C=O) groups is 3. The van der Waals surface area contributed by atoms with Crippen molar-refractivity contribution in [1.29, 1.82) is 0 Å². The number of primary amides is 1. The fourth-order valence-electron chi connectivity index (χ4n) is 2.62. The second kappa shape index (κ2) is 6.47. The second-order valence-electron chi connectivity index (χ2n) is 5.26. The van der Waals surface area contributed by atoms with Crippen molar-refractivity contribution in [1.82, 2.24) is 5.32 Å². The Hall–Kier alpha value is -2.24. The zero-order chi connectivity index (χ0) is 15.4. The van der Waals surface area contributed by atoms with Gasteiger partial charge >= 0.3 is 0 Å². The van der Waals surface area contributed by atoms with Crippen LogP contribution in [0.5, 0.6) is 0 Å². The Bertz CT molecular complexity index is 574. The van der Waals surface area contributed by atoms with Crippen LogP contribution in [0, 0.1) is 11.7 Å². The fourth-order valence-corrected chi connectivity index (χ4v) is 2.62. The van der Waals surface area contributed by atoms with E-state index in [1.54, 1.807) is 0 Å². The molecule has 2 rings (SSSR count). The number of Topliss-reactive ketones (excluding diaryl/α,β-unsaturated/α-hetero) is 1. The van der Waals surface area contributed by atoms with Crippen molar-refractivity contribution >= 4 is 17.6 Å². The van der Waals surface area contributed by atoms with Gasteiger partial charge < -0.3 is 11.1 Å². The highest BCUT2D eigenvalue weighted by molar-refractivity contribution is 5.97. The molecule has 1 aliphatic carbocycles. The summed E-state index contributed by atoms with van der Waals surface area (Å²) in [6.45, 7) is 0. The summed E-state index contributed by atoms with van der Waals surface area (Å²) in [5.41, 5.74) is 5.44. The van der Waals surface area contributed by atoms with Gasteiger partial charge in [0, 0.05) is 18.4 Å². The highest BCUT2D eigenvalue weighted by atomic mass is 19.1. The summed E-state index contributed by atoms with van der Waals surface area (Å²) in [5.74, 6) is -2.01. The van der Waals surface area contributed by atoms with Crippen molar-refractivity contribution in [3.8, 4) is 0 Å². The van der Waals surface area contributed by atoms with Gasteiger partial charge in [-0.2, -0.15) is 0 Å². The molecule has 1 aromatic carbocycles. The maximum atomic E-state index is 13.1. The molecule has 1 saturated carbocycles. The minimum Gasteiger partial charge on any atom is -0.368 e. The van der Waals surface area contributed by atoms with Crippen LogP contribution in [0.1, 0.15) is 36.0 Å². The van der Waals surface area contributed by atoms with Gasteiger partial charge in [0.15, 0.2) is 0 Å². The lowest BCUT2D eigenvalue weighted by Gasteiger charge is -2.28. The molecule has 0 spiro atoms. The molecule has 6 heteroatoms. The topological polar surface area (TPSA) is 89.3 Å². The van der Waals surface area contributed by atoms with E-state index in [0.717, 1.165) is 6.07 Å². The minimum atomic E-state index is -0.912. The SMILES string of the molecule is NC(=O)[C@H](NC(=O)c1cccc(F)c1)[C@H]1CCCC(=O)C1. The third kappa shape index (κ3) is 3.87. The Kier molecular flexibility index (Phi) is 4.67. The molecular weight excluding hydrogens is 275 g/mol. The van der Waals surface area contributed by atoms with Crippen LogP contribution in [0.4, 0.5) is 4.39 Å². The van der Waals surface area contributed by atoms with Gasteiger partial charge in [0.2, 0.25) is 5.91 Å². The molecule has 0 radical (unpaired) electrons. The Labute approximate surface area is 121 Å². The van der Waals surface area contributed by atoms with E-state index >= 15 is 0 Å². The van der Waals surface area contributed by atoms with Gasteiger partial charge in [-0.05, 0) is 37.0 Å². The number of amides is 2. The largest absolute Gasteiger partial charge is 0.368 e. The summed E-state index contributed by atoms with van der Waals surface area (Å²) in [5, 5.41) is 2.52. The molecule has 0 heterocycles. The van der Waals surface area contributed by atoms with E-state index in [0.29, 0.717) is 19.3 Å². The summed E-state index contributed by atoms with van der Waals surface area (Å²) in [4.78, 5) is 35.1. The lowest BCUT2D eigenvalue weighted by atomic mass is 9.82. The molecule has 2 amide bonds. The van der Waals surface area contributed by atoms with Crippen molar-refractivity contribution in [2.75, 3.05) is 0 Å².